The van der Waals surface area contributed by atoms with Gasteiger partial charge in [0.25, 0.3) is 5.91 Å². The van der Waals surface area contributed by atoms with E-state index in [0.717, 1.165) is 5.56 Å². The second kappa shape index (κ2) is 7.79. The van der Waals surface area contributed by atoms with Crippen molar-refractivity contribution in [2.75, 3.05) is 7.11 Å². The Morgan fingerprint density at radius 1 is 1.13 bits per heavy atom. The van der Waals surface area contributed by atoms with Crippen molar-refractivity contribution in [2.24, 2.45) is 0 Å². The second-order valence-corrected chi connectivity index (χ2v) is 5.72. The molecule has 0 aliphatic carbocycles. The lowest BCUT2D eigenvalue weighted by atomic mass is 10.1. The topological polar surface area (TPSA) is 49.8 Å². The Kier molecular flexibility index (Phi) is 5.77. The second-order valence-electron chi connectivity index (χ2n) is 5.72. The molecular weight excluding hydrogens is 290 g/mol. The van der Waals surface area contributed by atoms with Crippen LogP contribution in [0.3, 0.4) is 0 Å². The summed E-state index contributed by atoms with van der Waals surface area (Å²) in [5.41, 5.74) is 1.57. The number of aliphatic hydroxyl groups excluding tert-OH is 1. The number of hydrogen-bond acceptors (Lipinski definition) is 3. The first-order valence-corrected chi connectivity index (χ1v) is 7.69. The van der Waals surface area contributed by atoms with Crippen LogP contribution >= 0.6 is 0 Å². The van der Waals surface area contributed by atoms with Gasteiger partial charge in [0.2, 0.25) is 0 Å². The number of nitrogens with zero attached hydrogens (tertiary/aromatic N) is 1. The van der Waals surface area contributed by atoms with E-state index in [9.17, 15) is 9.90 Å². The summed E-state index contributed by atoms with van der Waals surface area (Å²) in [5.74, 6) is 0.311. The summed E-state index contributed by atoms with van der Waals surface area (Å²) in [6, 6.07) is 16.7. The molecule has 0 aromatic heterocycles. The van der Waals surface area contributed by atoms with Crippen LogP contribution < -0.4 is 4.74 Å². The zero-order valence-corrected chi connectivity index (χ0v) is 13.8. The first-order chi connectivity index (χ1) is 11.0. The molecule has 4 heteroatoms. The third-order valence-corrected chi connectivity index (χ3v) is 3.75. The van der Waals surface area contributed by atoms with E-state index in [4.69, 9.17) is 4.74 Å². The Morgan fingerprint density at radius 3 is 2.43 bits per heavy atom. The average Bonchev–Trinajstić information content (AvgIpc) is 2.59. The highest BCUT2D eigenvalue weighted by Crippen LogP contribution is 2.22. The summed E-state index contributed by atoms with van der Waals surface area (Å²) < 4.78 is 5.15. The number of hydrogen-bond donors (Lipinski definition) is 1. The number of benzene rings is 2. The fourth-order valence-corrected chi connectivity index (χ4v) is 2.41. The molecule has 1 atom stereocenters. The van der Waals surface area contributed by atoms with Crippen LogP contribution in [0.15, 0.2) is 54.6 Å². The Morgan fingerprint density at radius 2 is 1.83 bits per heavy atom. The van der Waals surface area contributed by atoms with Crippen molar-refractivity contribution in [2.45, 2.75) is 32.5 Å². The van der Waals surface area contributed by atoms with Crippen molar-refractivity contribution in [3.8, 4) is 5.75 Å². The maximum atomic E-state index is 12.7. The van der Waals surface area contributed by atoms with Crippen LogP contribution in [0.4, 0.5) is 0 Å². The van der Waals surface area contributed by atoms with Crippen molar-refractivity contribution in [1.82, 2.24) is 4.90 Å². The molecule has 1 unspecified atom stereocenters. The molecule has 0 saturated heterocycles. The smallest absolute Gasteiger partial charge is 0.256 e. The van der Waals surface area contributed by atoms with Crippen LogP contribution in [0, 0.1) is 0 Å². The fraction of sp³-hybridized carbons (Fsp3) is 0.316. The molecule has 122 valence electrons. The Labute approximate surface area is 137 Å². The van der Waals surface area contributed by atoms with E-state index in [2.05, 4.69) is 0 Å². The Bertz CT molecular complexity index is 640. The number of amides is 1. The lowest BCUT2D eigenvalue weighted by Crippen LogP contribution is -2.39. The lowest BCUT2D eigenvalue weighted by molar-refractivity contribution is -0.143. The first kappa shape index (κ1) is 17.0. The number of ether oxygens (including phenoxy) is 1. The Hall–Kier alpha value is -2.33. The van der Waals surface area contributed by atoms with E-state index < -0.39 is 6.10 Å². The van der Waals surface area contributed by atoms with Gasteiger partial charge in [0.1, 0.15) is 5.75 Å². The first-order valence-electron chi connectivity index (χ1n) is 7.69. The standard InChI is InChI=1S/C19H23NO3/c1-14(2)20(13-15-8-5-4-6-9-15)19(22)18(21)16-10-7-11-17(12-16)23-3/h4-12,14,18,21H,13H2,1-3H3. The summed E-state index contributed by atoms with van der Waals surface area (Å²) >= 11 is 0. The van der Waals surface area contributed by atoms with Crippen molar-refractivity contribution >= 4 is 5.91 Å². The van der Waals surface area contributed by atoms with Gasteiger partial charge in [-0.15, -0.1) is 0 Å². The van der Waals surface area contributed by atoms with Gasteiger partial charge < -0.3 is 14.7 Å². The number of carbonyl (C=O) groups excluding carboxylic acids is 1. The van der Waals surface area contributed by atoms with Gasteiger partial charge in [-0.25, -0.2) is 0 Å². The molecule has 23 heavy (non-hydrogen) atoms. The molecule has 0 radical (unpaired) electrons. The van der Waals surface area contributed by atoms with Gasteiger partial charge in [-0.3, -0.25) is 4.79 Å². The van der Waals surface area contributed by atoms with Gasteiger partial charge in [-0.2, -0.15) is 0 Å². The lowest BCUT2D eigenvalue weighted by Gasteiger charge is -2.29. The molecule has 1 N–H and O–H groups in total. The molecule has 1 amide bonds. The molecule has 0 saturated carbocycles. The van der Waals surface area contributed by atoms with Crippen molar-refractivity contribution in [3.05, 3.63) is 65.7 Å². The third-order valence-electron chi connectivity index (χ3n) is 3.75. The maximum Gasteiger partial charge on any atom is 0.256 e. The predicted molar refractivity (Wildman–Crippen MR) is 90.1 cm³/mol. The number of methoxy groups -OCH3 is 1. The normalized spacial score (nSPS) is 12.0. The monoisotopic (exact) mass is 313 g/mol. The van der Waals surface area contributed by atoms with E-state index in [1.165, 1.54) is 0 Å². The van der Waals surface area contributed by atoms with Gasteiger partial charge >= 0.3 is 0 Å². The quantitative estimate of drug-likeness (QED) is 0.891. The summed E-state index contributed by atoms with van der Waals surface area (Å²) in [7, 11) is 1.56. The molecule has 2 rings (SSSR count). The molecule has 0 aliphatic rings. The zero-order chi connectivity index (χ0) is 16.8. The minimum absolute atomic E-state index is 0.0111. The molecular formula is C19H23NO3. The van der Waals surface area contributed by atoms with Gasteiger partial charge in [0, 0.05) is 12.6 Å². The van der Waals surface area contributed by atoms with Crippen LogP contribution in [0.2, 0.25) is 0 Å². The van der Waals surface area contributed by atoms with E-state index in [0.29, 0.717) is 17.9 Å². The average molecular weight is 313 g/mol. The molecule has 0 heterocycles. The summed E-state index contributed by atoms with van der Waals surface area (Å²) in [6.45, 7) is 4.36. The minimum Gasteiger partial charge on any atom is -0.497 e. The highest BCUT2D eigenvalue weighted by Gasteiger charge is 2.26. The SMILES string of the molecule is COc1cccc(C(O)C(=O)N(Cc2ccccc2)C(C)C)c1. The largest absolute Gasteiger partial charge is 0.497 e. The molecule has 0 fully saturated rings. The van der Waals surface area contributed by atoms with Crippen LogP contribution in [0.1, 0.15) is 31.1 Å². The number of rotatable bonds is 6. The van der Waals surface area contributed by atoms with Gasteiger partial charge in [0.15, 0.2) is 6.10 Å². The zero-order valence-electron chi connectivity index (χ0n) is 13.8. The highest BCUT2D eigenvalue weighted by molar-refractivity contribution is 5.82. The van der Waals surface area contributed by atoms with Gasteiger partial charge in [0.05, 0.1) is 7.11 Å². The highest BCUT2D eigenvalue weighted by atomic mass is 16.5. The van der Waals surface area contributed by atoms with Crippen LogP contribution in [0.5, 0.6) is 5.75 Å². The molecule has 0 aliphatic heterocycles. The summed E-state index contributed by atoms with van der Waals surface area (Å²) in [5, 5.41) is 10.5. The van der Waals surface area contributed by atoms with Crippen molar-refractivity contribution in [3.63, 3.8) is 0 Å². The predicted octanol–water partition coefficient (Wildman–Crippen LogP) is 3.17. The molecule has 2 aromatic rings. The molecule has 2 aromatic carbocycles. The van der Waals surface area contributed by atoms with Crippen LogP contribution in [-0.4, -0.2) is 29.1 Å². The Balaban J connectivity index is 2.19. The maximum absolute atomic E-state index is 12.7. The number of carbonyl (C=O) groups is 1. The molecule has 0 bridgehead atoms. The fourth-order valence-electron chi connectivity index (χ4n) is 2.41. The minimum atomic E-state index is -1.20. The third kappa shape index (κ3) is 4.33. The van der Waals surface area contributed by atoms with E-state index in [1.54, 1.807) is 36.3 Å². The van der Waals surface area contributed by atoms with Crippen molar-refractivity contribution < 1.29 is 14.6 Å². The van der Waals surface area contributed by atoms with E-state index in [1.807, 2.05) is 44.2 Å². The summed E-state index contributed by atoms with van der Waals surface area (Å²) in [4.78, 5) is 14.4. The van der Waals surface area contributed by atoms with E-state index in [-0.39, 0.29) is 11.9 Å². The number of aliphatic hydroxyl groups is 1. The van der Waals surface area contributed by atoms with E-state index >= 15 is 0 Å². The van der Waals surface area contributed by atoms with Crippen LogP contribution in [-0.2, 0) is 11.3 Å². The molecule has 4 nitrogen and oxygen atoms in total. The van der Waals surface area contributed by atoms with Gasteiger partial charge in [-0.1, -0.05) is 42.5 Å². The summed E-state index contributed by atoms with van der Waals surface area (Å²) in [6.07, 6.45) is -1.20. The van der Waals surface area contributed by atoms with Crippen LogP contribution in [0.25, 0.3) is 0 Å². The molecule has 0 spiro atoms. The van der Waals surface area contributed by atoms with Gasteiger partial charge in [-0.05, 0) is 37.1 Å². The van der Waals surface area contributed by atoms with Crippen molar-refractivity contribution in [1.29, 1.82) is 0 Å².